The van der Waals surface area contributed by atoms with Crippen molar-refractivity contribution in [2.45, 2.75) is 0 Å². The molecular weight excluding hydrogens is 364 g/mol. The zero-order valence-corrected chi connectivity index (χ0v) is 15.3. The van der Waals surface area contributed by atoms with Crippen molar-refractivity contribution >= 4 is 34.1 Å². The third-order valence-electron chi connectivity index (χ3n) is 4.81. The van der Waals surface area contributed by atoms with Crippen LogP contribution in [0.5, 0.6) is 0 Å². The molecule has 1 amide bonds. The summed E-state index contributed by atoms with van der Waals surface area (Å²) in [5.41, 5.74) is 11.5. The van der Waals surface area contributed by atoms with Crippen molar-refractivity contribution in [3.63, 3.8) is 0 Å². The number of nitrogens with two attached hydrogens (primary N) is 1. The van der Waals surface area contributed by atoms with Gasteiger partial charge in [0.2, 0.25) is 5.91 Å². The van der Waals surface area contributed by atoms with Crippen LogP contribution in [0.25, 0.3) is 50.4 Å². The van der Waals surface area contributed by atoms with Crippen LogP contribution < -0.4 is 5.73 Å². The number of rotatable bonds is 4. The van der Waals surface area contributed by atoms with E-state index in [0.717, 1.165) is 44.3 Å². The normalized spacial score (nSPS) is 11.6. The van der Waals surface area contributed by atoms with E-state index in [1.54, 1.807) is 18.5 Å². The fraction of sp³-hybridized carbons (Fsp3) is 0. The smallest absolute Gasteiger partial charge is 0.241 e. The Hall–Kier alpha value is -4.26. The van der Waals surface area contributed by atoms with Crippen molar-refractivity contribution < 1.29 is 4.79 Å². The first kappa shape index (κ1) is 16.9. The lowest BCUT2D eigenvalue weighted by Gasteiger charge is -2.05. The molecule has 5 rings (SSSR count). The van der Waals surface area contributed by atoms with Gasteiger partial charge in [0.25, 0.3) is 0 Å². The molecule has 0 fully saturated rings. The number of aromatic amines is 2. The molecule has 5 aromatic heterocycles. The van der Waals surface area contributed by atoms with E-state index >= 15 is 0 Å². The first-order chi connectivity index (χ1) is 14.2. The van der Waals surface area contributed by atoms with Crippen LogP contribution >= 0.6 is 0 Å². The van der Waals surface area contributed by atoms with E-state index in [2.05, 4.69) is 31.0 Å². The minimum absolute atomic E-state index is 0.509. The number of amides is 1. The molecule has 0 saturated carbocycles. The Balaban J connectivity index is 1.63. The van der Waals surface area contributed by atoms with Gasteiger partial charge in [0.05, 0.1) is 5.69 Å². The lowest BCUT2D eigenvalue weighted by molar-refractivity contribution is -0.113. The second-order valence-electron chi connectivity index (χ2n) is 6.63. The fourth-order valence-electron chi connectivity index (χ4n) is 3.47. The molecule has 0 spiro atoms. The Morgan fingerprint density at radius 3 is 2.66 bits per heavy atom. The molecule has 5 heterocycles. The van der Waals surface area contributed by atoms with Gasteiger partial charge in [-0.2, -0.15) is 0 Å². The molecule has 29 heavy (non-hydrogen) atoms. The van der Waals surface area contributed by atoms with E-state index in [4.69, 9.17) is 5.73 Å². The minimum atomic E-state index is -0.509. The van der Waals surface area contributed by atoms with Crippen molar-refractivity contribution in [2.75, 3.05) is 0 Å². The zero-order valence-electron chi connectivity index (χ0n) is 15.3. The molecule has 140 valence electrons. The van der Waals surface area contributed by atoms with Gasteiger partial charge in [0.1, 0.15) is 11.3 Å². The second kappa shape index (κ2) is 6.72. The van der Waals surface area contributed by atoms with Gasteiger partial charge in [-0.1, -0.05) is 0 Å². The molecule has 5 aromatic rings. The molecule has 0 bridgehead atoms. The monoisotopic (exact) mass is 380 g/mol. The number of carbonyl (C=O) groups is 1. The summed E-state index contributed by atoms with van der Waals surface area (Å²) in [6.07, 6.45) is 12.1. The number of carbonyl (C=O) groups excluding carboxylic acids is 1. The van der Waals surface area contributed by atoms with Gasteiger partial charge < -0.3 is 15.7 Å². The molecule has 0 radical (unpaired) electrons. The molecule has 7 heteroatoms. The number of pyridine rings is 3. The highest BCUT2D eigenvalue weighted by Gasteiger charge is 2.12. The zero-order chi connectivity index (χ0) is 19.8. The molecule has 4 N–H and O–H groups in total. The van der Waals surface area contributed by atoms with Crippen molar-refractivity contribution in [1.82, 2.24) is 24.9 Å². The van der Waals surface area contributed by atoms with E-state index in [1.165, 1.54) is 6.08 Å². The maximum Gasteiger partial charge on any atom is 0.241 e. The van der Waals surface area contributed by atoms with Crippen LogP contribution in [0.2, 0.25) is 0 Å². The van der Waals surface area contributed by atoms with E-state index in [0.29, 0.717) is 5.69 Å². The predicted octanol–water partition coefficient (Wildman–Crippen LogP) is 3.67. The Bertz CT molecular complexity index is 1400. The second-order valence-corrected chi connectivity index (χ2v) is 6.63. The van der Waals surface area contributed by atoms with E-state index in [-0.39, 0.29) is 0 Å². The maximum atomic E-state index is 11.0. The van der Waals surface area contributed by atoms with Gasteiger partial charge in [-0.25, -0.2) is 9.97 Å². The van der Waals surface area contributed by atoms with Gasteiger partial charge >= 0.3 is 0 Å². The largest absolute Gasteiger partial charge is 0.366 e. The highest BCUT2D eigenvalue weighted by atomic mass is 16.1. The van der Waals surface area contributed by atoms with Gasteiger partial charge in [-0.05, 0) is 47.5 Å². The molecule has 0 atom stereocenters. The molecular formula is C22H16N6O. The van der Waals surface area contributed by atoms with Gasteiger partial charge in [-0.15, -0.1) is 0 Å². The summed E-state index contributed by atoms with van der Waals surface area (Å²) in [6.45, 7) is 0. The van der Waals surface area contributed by atoms with Crippen molar-refractivity contribution in [3.05, 3.63) is 73.1 Å². The number of fused-ring (bicyclic) bond motifs is 2. The first-order valence-electron chi connectivity index (χ1n) is 9.02. The minimum Gasteiger partial charge on any atom is -0.366 e. The van der Waals surface area contributed by atoms with E-state index in [9.17, 15) is 4.79 Å². The van der Waals surface area contributed by atoms with Crippen LogP contribution in [0.3, 0.4) is 0 Å². The third-order valence-corrected chi connectivity index (χ3v) is 4.81. The van der Waals surface area contributed by atoms with Gasteiger partial charge in [0.15, 0.2) is 0 Å². The molecule has 0 aliphatic rings. The Labute approximate surface area is 165 Å². The summed E-state index contributed by atoms with van der Waals surface area (Å²) in [5.74, 6) is -0.509. The maximum absolute atomic E-state index is 11.0. The number of hydrogen-bond acceptors (Lipinski definition) is 4. The van der Waals surface area contributed by atoms with Gasteiger partial charge in [0, 0.05) is 59.0 Å². The number of primary amides is 1. The molecule has 7 nitrogen and oxygen atoms in total. The Morgan fingerprint density at radius 2 is 1.76 bits per heavy atom. The van der Waals surface area contributed by atoms with E-state index in [1.807, 2.05) is 42.9 Å². The quantitative estimate of drug-likeness (QED) is 0.413. The summed E-state index contributed by atoms with van der Waals surface area (Å²) in [7, 11) is 0. The van der Waals surface area contributed by atoms with Crippen LogP contribution in [0.1, 0.15) is 5.69 Å². The summed E-state index contributed by atoms with van der Waals surface area (Å²) >= 11 is 0. The number of hydrogen-bond donors (Lipinski definition) is 3. The molecule has 0 aromatic carbocycles. The third kappa shape index (κ3) is 3.04. The SMILES string of the molecule is NC(=O)C=Cc1cc(-c2cnc3[nH]cc(-c4ccnc5[nH]ccc45)c3c2)ccn1. The topological polar surface area (TPSA) is 113 Å². The number of aromatic nitrogens is 5. The summed E-state index contributed by atoms with van der Waals surface area (Å²) < 4.78 is 0. The van der Waals surface area contributed by atoms with Crippen LogP contribution in [-0.4, -0.2) is 30.8 Å². The predicted molar refractivity (Wildman–Crippen MR) is 113 cm³/mol. The molecule has 0 saturated heterocycles. The van der Waals surface area contributed by atoms with Crippen LogP contribution in [-0.2, 0) is 4.79 Å². The first-order valence-corrected chi connectivity index (χ1v) is 9.02. The summed E-state index contributed by atoms with van der Waals surface area (Å²) in [6, 6.07) is 9.93. The standard InChI is InChI=1S/C22H16N6O/c23-20(29)2-1-15-9-13(3-6-24-15)14-10-18-19(12-28-22(18)27-11-14)16-4-7-25-21-17(16)5-8-26-21/h1-12H,(H2,23,29)(H,25,26)(H,27,28). The number of nitrogens with zero attached hydrogens (tertiary/aromatic N) is 3. The average Bonchev–Trinajstić information content (AvgIpc) is 3.38. The average molecular weight is 380 g/mol. The van der Waals surface area contributed by atoms with Crippen LogP contribution in [0, 0.1) is 0 Å². The van der Waals surface area contributed by atoms with Gasteiger partial charge in [-0.3, -0.25) is 9.78 Å². The molecule has 0 aliphatic heterocycles. The van der Waals surface area contributed by atoms with Crippen molar-refractivity contribution in [3.8, 4) is 22.3 Å². The summed E-state index contributed by atoms with van der Waals surface area (Å²) in [4.78, 5) is 30.6. The van der Waals surface area contributed by atoms with E-state index < -0.39 is 5.91 Å². The molecule has 0 aliphatic carbocycles. The van der Waals surface area contributed by atoms with Crippen LogP contribution in [0.15, 0.2) is 67.4 Å². The fourth-order valence-corrected chi connectivity index (χ4v) is 3.47. The Kier molecular flexibility index (Phi) is 3.91. The number of nitrogens with one attached hydrogen (secondary N) is 2. The van der Waals surface area contributed by atoms with Crippen molar-refractivity contribution in [1.29, 1.82) is 0 Å². The lowest BCUT2D eigenvalue weighted by atomic mass is 10.0. The Morgan fingerprint density at radius 1 is 0.897 bits per heavy atom. The molecule has 0 unspecified atom stereocenters. The van der Waals surface area contributed by atoms with Crippen LogP contribution in [0.4, 0.5) is 0 Å². The number of H-pyrrole nitrogens is 2. The lowest BCUT2D eigenvalue weighted by Crippen LogP contribution is -2.05. The highest BCUT2D eigenvalue weighted by molar-refractivity contribution is 6.03. The van der Waals surface area contributed by atoms with Crippen molar-refractivity contribution in [2.24, 2.45) is 5.73 Å². The summed E-state index contributed by atoms with van der Waals surface area (Å²) in [5, 5.41) is 2.07. The highest BCUT2D eigenvalue weighted by Crippen LogP contribution is 2.34.